The number of fused-ring (bicyclic) bond motifs is 1. The number of carbonyl (C=O) groups is 3. The van der Waals surface area contributed by atoms with Gasteiger partial charge >= 0.3 is 5.97 Å². The maximum Gasteiger partial charge on any atom is 0.309 e. The van der Waals surface area contributed by atoms with Gasteiger partial charge in [0.2, 0.25) is 7.37 Å². The van der Waals surface area contributed by atoms with E-state index in [0.717, 1.165) is 10.5 Å². The van der Waals surface area contributed by atoms with Gasteiger partial charge in [-0.25, -0.2) is 0 Å². The molecule has 2 unspecified atom stereocenters. The third kappa shape index (κ3) is 6.18. The van der Waals surface area contributed by atoms with Crippen LogP contribution in [0.4, 0.5) is 0 Å². The van der Waals surface area contributed by atoms with Crippen LogP contribution in [-0.4, -0.2) is 41.7 Å². The number of hydrogen-bond donors (Lipinski definition) is 0. The summed E-state index contributed by atoms with van der Waals surface area (Å²) in [6.45, 7) is 5.88. The maximum atomic E-state index is 13.8. The van der Waals surface area contributed by atoms with Crippen molar-refractivity contribution in [2.45, 2.75) is 33.8 Å². The minimum Gasteiger partial charge on any atom is -0.461 e. The molecule has 0 spiro atoms. The maximum absolute atomic E-state index is 13.8. The Bertz CT molecular complexity index is 1020. The SMILES string of the molecule is CCOP(=O)(CC(CC(C)C)C(=O)OCc1ccccc1)CN1C(=O)c2ccccc2C1=O. The summed E-state index contributed by atoms with van der Waals surface area (Å²) >= 11 is 0. The minimum absolute atomic E-state index is 0.0972. The molecular formula is C25H30NO6P. The molecule has 0 N–H and O–H groups in total. The van der Waals surface area contributed by atoms with E-state index in [2.05, 4.69) is 0 Å². The van der Waals surface area contributed by atoms with Gasteiger partial charge in [-0.1, -0.05) is 56.3 Å². The van der Waals surface area contributed by atoms with Crippen LogP contribution in [0.3, 0.4) is 0 Å². The first-order chi connectivity index (χ1) is 15.7. The molecule has 2 aromatic carbocycles. The van der Waals surface area contributed by atoms with Crippen molar-refractivity contribution < 1.29 is 28.2 Å². The summed E-state index contributed by atoms with van der Waals surface area (Å²) in [5.41, 5.74) is 1.42. The number of carbonyl (C=O) groups excluding carboxylic acids is 3. The van der Waals surface area contributed by atoms with Gasteiger partial charge in [-0.15, -0.1) is 0 Å². The zero-order valence-corrected chi connectivity index (χ0v) is 20.1. The van der Waals surface area contributed by atoms with Gasteiger partial charge in [0.15, 0.2) is 0 Å². The van der Waals surface area contributed by atoms with Crippen molar-refractivity contribution in [1.82, 2.24) is 4.90 Å². The molecule has 1 aliphatic heterocycles. The molecule has 1 aliphatic rings. The van der Waals surface area contributed by atoms with Gasteiger partial charge in [0, 0.05) is 6.16 Å². The quantitative estimate of drug-likeness (QED) is 0.261. The summed E-state index contributed by atoms with van der Waals surface area (Å²) in [5.74, 6) is -1.99. The van der Waals surface area contributed by atoms with Crippen LogP contribution in [0.2, 0.25) is 0 Å². The summed E-state index contributed by atoms with van der Waals surface area (Å²) in [7, 11) is -3.55. The van der Waals surface area contributed by atoms with E-state index >= 15 is 0 Å². The van der Waals surface area contributed by atoms with Gasteiger partial charge in [0.05, 0.1) is 23.7 Å². The van der Waals surface area contributed by atoms with E-state index in [0.29, 0.717) is 6.42 Å². The van der Waals surface area contributed by atoms with Crippen molar-refractivity contribution in [3.8, 4) is 0 Å². The Morgan fingerprint density at radius 2 is 1.55 bits per heavy atom. The van der Waals surface area contributed by atoms with E-state index in [1.807, 2.05) is 44.2 Å². The Hall–Kier alpha value is -2.76. The Balaban J connectivity index is 1.76. The van der Waals surface area contributed by atoms with Crippen LogP contribution in [0.25, 0.3) is 0 Å². The first-order valence-corrected chi connectivity index (χ1v) is 13.1. The Morgan fingerprint density at radius 1 is 0.970 bits per heavy atom. The standard InChI is InChI=1S/C25H30NO6P/c1-4-32-33(30,17-26-23(27)21-12-8-9-13-22(21)24(26)28)16-20(14-18(2)3)25(29)31-15-19-10-6-5-7-11-19/h5-13,18,20H,4,14-17H2,1-3H3. The molecule has 33 heavy (non-hydrogen) atoms. The van der Waals surface area contributed by atoms with Gasteiger partial charge in [0.1, 0.15) is 12.9 Å². The first-order valence-electron chi connectivity index (χ1n) is 11.1. The number of imide groups is 1. The summed E-state index contributed by atoms with van der Waals surface area (Å²) in [6.07, 6.45) is -0.0133. The van der Waals surface area contributed by atoms with Crippen molar-refractivity contribution in [3.63, 3.8) is 0 Å². The summed E-state index contributed by atoms with van der Waals surface area (Å²) in [4.78, 5) is 39.5. The lowest BCUT2D eigenvalue weighted by Crippen LogP contribution is -2.33. The molecule has 2 aromatic rings. The highest BCUT2D eigenvalue weighted by Crippen LogP contribution is 2.51. The average Bonchev–Trinajstić information content (AvgIpc) is 3.02. The van der Waals surface area contributed by atoms with E-state index in [1.54, 1.807) is 31.2 Å². The molecule has 1 heterocycles. The Labute approximate surface area is 194 Å². The monoisotopic (exact) mass is 471 g/mol. The van der Waals surface area contributed by atoms with Crippen LogP contribution in [0.1, 0.15) is 53.5 Å². The molecule has 2 amide bonds. The van der Waals surface area contributed by atoms with Gasteiger partial charge in [-0.05, 0) is 37.0 Å². The number of hydrogen-bond acceptors (Lipinski definition) is 6. The van der Waals surface area contributed by atoms with Crippen molar-refractivity contribution in [2.24, 2.45) is 11.8 Å². The fourth-order valence-electron chi connectivity index (χ4n) is 3.97. The highest BCUT2D eigenvalue weighted by Gasteiger charge is 2.42. The van der Waals surface area contributed by atoms with Gasteiger partial charge in [0.25, 0.3) is 11.8 Å². The molecule has 0 radical (unpaired) electrons. The van der Waals surface area contributed by atoms with Crippen LogP contribution < -0.4 is 0 Å². The van der Waals surface area contributed by atoms with Gasteiger partial charge in [-0.2, -0.15) is 0 Å². The minimum atomic E-state index is -3.55. The molecule has 0 saturated heterocycles. The number of nitrogens with zero attached hydrogens (tertiary/aromatic N) is 1. The summed E-state index contributed by atoms with van der Waals surface area (Å²) < 4.78 is 24.9. The van der Waals surface area contributed by atoms with E-state index in [9.17, 15) is 18.9 Å². The largest absolute Gasteiger partial charge is 0.461 e. The van der Waals surface area contributed by atoms with E-state index in [1.165, 1.54) is 0 Å². The zero-order valence-electron chi connectivity index (χ0n) is 19.2. The van der Waals surface area contributed by atoms with Crippen LogP contribution in [0, 0.1) is 11.8 Å². The van der Waals surface area contributed by atoms with E-state index in [4.69, 9.17) is 9.26 Å². The Morgan fingerprint density at radius 3 is 2.09 bits per heavy atom. The normalized spacial score (nSPS) is 15.9. The van der Waals surface area contributed by atoms with Crippen LogP contribution in [0.15, 0.2) is 54.6 Å². The highest BCUT2D eigenvalue weighted by atomic mass is 31.2. The van der Waals surface area contributed by atoms with E-state index < -0.39 is 31.1 Å². The van der Waals surface area contributed by atoms with Crippen molar-refractivity contribution in [3.05, 3.63) is 71.3 Å². The second-order valence-electron chi connectivity index (χ2n) is 8.56. The first kappa shape index (κ1) is 24.9. The van der Waals surface area contributed by atoms with Crippen LogP contribution in [-0.2, 0) is 25.2 Å². The van der Waals surface area contributed by atoms with Crippen molar-refractivity contribution >= 4 is 25.2 Å². The van der Waals surface area contributed by atoms with Gasteiger partial charge < -0.3 is 9.26 Å². The fourth-order valence-corrected chi connectivity index (χ4v) is 6.40. The topological polar surface area (TPSA) is 90.0 Å². The third-order valence-electron chi connectivity index (χ3n) is 5.41. The molecule has 7 nitrogen and oxygen atoms in total. The lowest BCUT2D eigenvalue weighted by Gasteiger charge is -2.26. The molecule has 176 valence electrons. The molecule has 0 aromatic heterocycles. The molecule has 0 bridgehead atoms. The number of esters is 1. The zero-order chi connectivity index (χ0) is 24.0. The fraction of sp³-hybridized carbons (Fsp3) is 0.400. The number of ether oxygens (including phenoxy) is 1. The molecule has 0 fully saturated rings. The Kier molecular flexibility index (Phi) is 8.22. The highest BCUT2D eigenvalue weighted by molar-refractivity contribution is 7.59. The predicted octanol–water partition coefficient (Wildman–Crippen LogP) is 4.96. The lowest BCUT2D eigenvalue weighted by molar-refractivity contribution is -0.149. The third-order valence-corrected chi connectivity index (χ3v) is 7.85. The van der Waals surface area contributed by atoms with Crippen molar-refractivity contribution in [2.75, 3.05) is 19.1 Å². The van der Waals surface area contributed by atoms with Gasteiger partial charge in [-0.3, -0.25) is 23.8 Å². The summed E-state index contributed by atoms with van der Waals surface area (Å²) in [5, 5.41) is 0. The predicted molar refractivity (Wildman–Crippen MR) is 125 cm³/mol. The number of benzene rings is 2. The average molecular weight is 471 g/mol. The smallest absolute Gasteiger partial charge is 0.309 e. The second kappa shape index (κ2) is 10.9. The molecule has 2 atom stereocenters. The van der Waals surface area contributed by atoms with E-state index in [-0.39, 0.29) is 42.7 Å². The van der Waals surface area contributed by atoms with Crippen LogP contribution >= 0.6 is 7.37 Å². The number of amides is 2. The lowest BCUT2D eigenvalue weighted by atomic mass is 9.99. The van der Waals surface area contributed by atoms with Crippen LogP contribution in [0.5, 0.6) is 0 Å². The molecule has 0 aliphatic carbocycles. The van der Waals surface area contributed by atoms with Crippen molar-refractivity contribution in [1.29, 1.82) is 0 Å². The molecule has 8 heteroatoms. The number of rotatable bonds is 11. The summed E-state index contributed by atoms with van der Waals surface area (Å²) in [6, 6.07) is 15.8. The molecule has 0 saturated carbocycles. The second-order valence-corrected chi connectivity index (χ2v) is 11.1. The molecular weight excluding hydrogens is 441 g/mol. The molecule has 3 rings (SSSR count).